The number of halogens is 1. The molecule has 0 unspecified atom stereocenters. The number of ether oxygens (including phenoxy) is 1. The minimum absolute atomic E-state index is 0.0739. The van der Waals surface area contributed by atoms with Crippen LogP contribution in [-0.2, 0) is 14.3 Å². The molecule has 2 N–H and O–H groups in total. The van der Waals surface area contributed by atoms with Crippen LogP contribution in [0.1, 0.15) is 29.9 Å². The van der Waals surface area contributed by atoms with E-state index < -0.39 is 6.04 Å². The maximum Gasteiger partial charge on any atom is 0.262 e. The Bertz CT molecular complexity index is 913. The molecule has 1 aliphatic rings. The van der Waals surface area contributed by atoms with Crippen LogP contribution < -0.4 is 15.5 Å². The molecular formula is C21H24ClN3O4S. The molecule has 9 heteroatoms. The van der Waals surface area contributed by atoms with Gasteiger partial charge >= 0.3 is 0 Å². The summed E-state index contributed by atoms with van der Waals surface area (Å²) in [5.41, 5.74) is 1.34. The third kappa shape index (κ3) is 5.81. The van der Waals surface area contributed by atoms with Gasteiger partial charge in [0.1, 0.15) is 12.6 Å². The molecule has 2 heterocycles. The average molecular weight is 450 g/mol. The Hall–Kier alpha value is -2.42. The number of benzene rings is 1. The van der Waals surface area contributed by atoms with Gasteiger partial charge in [-0.3, -0.25) is 14.4 Å². The summed E-state index contributed by atoms with van der Waals surface area (Å²) in [6, 6.07) is 9.65. The first-order valence-electron chi connectivity index (χ1n) is 9.68. The molecule has 0 radical (unpaired) electrons. The molecule has 30 heavy (non-hydrogen) atoms. The molecule has 0 spiro atoms. The van der Waals surface area contributed by atoms with Gasteiger partial charge in [0.25, 0.3) is 11.8 Å². The summed E-state index contributed by atoms with van der Waals surface area (Å²) in [6.07, 6.45) is 0.497. The molecule has 1 aliphatic heterocycles. The first-order chi connectivity index (χ1) is 14.3. The van der Waals surface area contributed by atoms with E-state index in [2.05, 4.69) is 10.6 Å². The van der Waals surface area contributed by atoms with E-state index in [0.717, 1.165) is 5.69 Å². The number of nitrogens with one attached hydrogen (secondary N) is 2. The quantitative estimate of drug-likeness (QED) is 0.676. The van der Waals surface area contributed by atoms with Crippen molar-refractivity contribution in [2.45, 2.75) is 26.3 Å². The van der Waals surface area contributed by atoms with Gasteiger partial charge in [0.15, 0.2) is 0 Å². The molecule has 0 aliphatic carbocycles. The summed E-state index contributed by atoms with van der Waals surface area (Å²) >= 11 is 7.07. The van der Waals surface area contributed by atoms with Gasteiger partial charge in [0.05, 0.1) is 15.8 Å². The number of thiophene rings is 1. The normalized spacial score (nSPS) is 15.2. The molecule has 1 atom stereocenters. The van der Waals surface area contributed by atoms with Crippen molar-refractivity contribution in [2.75, 3.05) is 30.0 Å². The van der Waals surface area contributed by atoms with Crippen molar-refractivity contribution in [3.05, 3.63) is 45.6 Å². The van der Waals surface area contributed by atoms with Gasteiger partial charge in [-0.15, -0.1) is 11.3 Å². The van der Waals surface area contributed by atoms with Crippen LogP contribution in [0.2, 0.25) is 4.34 Å². The maximum absolute atomic E-state index is 12.8. The summed E-state index contributed by atoms with van der Waals surface area (Å²) in [5.74, 6) is -0.502. The summed E-state index contributed by atoms with van der Waals surface area (Å²) < 4.78 is 5.66. The minimum atomic E-state index is -0.682. The molecule has 1 aromatic carbocycles. The summed E-state index contributed by atoms with van der Waals surface area (Å²) in [6.45, 7) is 5.05. The van der Waals surface area contributed by atoms with Crippen molar-refractivity contribution < 1.29 is 19.1 Å². The maximum atomic E-state index is 12.8. The van der Waals surface area contributed by atoms with E-state index in [4.69, 9.17) is 16.3 Å². The molecule has 2 aromatic rings. The lowest BCUT2D eigenvalue weighted by Gasteiger charge is -2.27. The third-order valence-electron chi connectivity index (χ3n) is 4.56. The first-order valence-corrected chi connectivity index (χ1v) is 10.9. The van der Waals surface area contributed by atoms with Gasteiger partial charge < -0.3 is 20.3 Å². The van der Waals surface area contributed by atoms with Crippen LogP contribution in [0.5, 0.6) is 0 Å². The van der Waals surface area contributed by atoms with Crippen molar-refractivity contribution in [3.8, 4) is 0 Å². The summed E-state index contributed by atoms with van der Waals surface area (Å²) in [4.78, 5) is 39.4. The Kier molecular flexibility index (Phi) is 7.47. The topological polar surface area (TPSA) is 87.7 Å². The lowest BCUT2D eigenvalue weighted by Crippen LogP contribution is -2.44. The number of morpholine rings is 1. The van der Waals surface area contributed by atoms with E-state index in [0.29, 0.717) is 34.5 Å². The van der Waals surface area contributed by atoms with E-state index in [-0.39, 0.29) is 30.2 Å². The molecule has 7 nitrogen and oxygen atoms in total. The van der Waals surface area contributed by atoms with Crippen LogP contribution in [0.25, 0.3) is 0 Å². The van der Waals surface area contributed by atoms with Gasteiger partial charge in [0.2, 0.25) is 5.91 Å². The molecule has 1 aromatic heterocycles. The number of nitrogens with zero attached hydrogens (tertiary/aromatic N) is 1. The third-order valence-corrected chi connectivity index (χ3v) is 5.79. The highest BCUT2D eigenvalue weighted by atomic mass is 35.5. The highest BCUT2D eigenvalue weighted by Gasteiger charge is 2.24. The first kappa shape index (κ1) is 22.3. The zero-order valence-corrected chi connectivity index (χ0v) is 18.4. The van der Waals surface area contributed by atoms with Crippen molar-refractivity contribution >= 4 is 52.0 Å². The fourth-order valence-electron chi connectivity index (χ4n) is 3.11. The highest BCUT2D eigenvalue weighted by molar-refractivity contribution is 7.18. The van der Waals surface area contributed by atoms with E-state index >= 15 is 0 Å². The Morgan fingerprint density at radius 3 is 2.53 bits per heavy atom. The smallest absolute Gasteiger partial charge is 0.262 e. The largest absolute Gasteiger partial charge is 0.370 e. The monoisotopic (exact) mass is 449 g/mol. The van der Waals surface area contributed by atoms with E-state index in [9.17, 15) is 14.4 Å². The van der Waals surface area contributed by atoms with Gasteiger partial charge in [-0.05, 0) is 48.7 Å². The van der Waals surface area contributed by atoms with Gasteiger partial charge in [-0.2, -0.15) is 0 Å². The molecule has 0 bridgehead atoms. The molecule has 0 saturated carbocycles. The number of carbonyl (C=O) groups is 3. The highest BCUT2D eigenvalue weighted by Crippen LogP contribution is 2.22. The number of hydrogen-bond acceptors (Lipinski definition) is 5. The molecule has 1 saturated heterocycles. The number of amides is 3. The van der Waals surface area contributed by atoms with Gasteiger partial charge in [0, 0.05) is 17.9 Å². The van der Waals surface area contributed by atoms with E-state index in [1.165, 1.54) is 11.3 Å². The molecule has 3 rings (SSSR count). The van der Waals surface area contributed by atoms with Crippen molar-refractivity contribution in [1.82, 2.24) is 5.32 Å². The van der Waals surface area contributed by atoms with Crippen LogP contribution in [-0.4, -0.2) is 43.5 Å². The second kappa shape index (κ2) is 10.1. The SMILES string of the molecule is CC(C)C[C@H](NC(=O)c1ccc(Cl)s1)C(=O)Nc1ccc(N2CCOCC2=O)cc1. The van der Waals surface area contributed by atoms with Crippen molar-refractivity contribution in [2.24, 2.45) is 5.92 Å². The summed E-state index contributed by atoms with van der Waals surface area (Å²) in [7, 11) is 0. The Balaban J connectivity index is 1.65. The van der Waals surface area contributed by atoms with E-state index in [1.807, 2.05) is 13.8 Å². The number of anilines is 2. The zero-order chi connectivity index (χ0) is 21.7. The van der Waals surface area contributed by atoms with Crippen molar-refractivity contribution in [3.63, 3.8) is 0 Å². The number of hydrogen-bond donors (Lipinski definition) is 2. The average Bonchev–Trinajstić information content (AvgIpc) is 3.15. The lowest BCUT2D eigenvalue weighted by atomic mass is 10.0. The van der Waals surface area contributed by atoms with Crippen LogP contribution >= 0.6 is 22.9 Å². The second-order valence-corrected chi connectivity index (χ2v) is 9.11. The lowest BCUT2D eigenvalue weighted by molar-refractivity contribution is -0.125. The standard InChI is InChI=1S/C21H24ClN3O4S/c1-13(2)11-16(24-21(28)17-7-8-18(22)30-17)20(27)23-14-3-5-15(6-4-14)25-9-10-29-12-19(25)26/h3-8,13,16H,9-12H2,1-2H3,(H,23,27)(H,24,28)/t16-/m0/s1. The second-order valence-electron chi connectivity index (χ2n) is 7.39. The fraction of sp³-hybridized carbons (Fsp3) is 0.381. The molecule has 3 amide bonds. The fourth-order valence-corrected chi connectivity index (χ4v) is 4.06. The number of carbonyl (C=O) groups excluding carboxylic acids is 3. The Morgan fingerprint density at radius 2 is 1.93 bits per heavy atom. The van der Waals surface area contributed by atoms with Crippen molar-refractivity contribution in [1.29, 1.82) is 0 Å². The molecule has 160 valence electrons. The van der Waals surface area contributed by atoms with Gasteiger partial charge in [-0.1, -0.05) is 25.4 Å². The van der Waals surface area contributed by atoms with Crippen LogP contribution in [0, 0.1) is 5.92 Å². The predicted octanol–water partition coefficient (Wildman–Crippen LogP) is 3.55. The van der Waals surface area contributed by atoms with Crippen LogP contribution in [0.4, 0.5) is 11.4 Å². The number of rotatable bonds is 7. The van der Waals surface area contributed by atoms with Crippen LogP contribution in [0.15, 0.2) is 36.4 Å². The predicted molar refractivity (Wildman–Crippen MR) is 118 cm³/mol. The zero-order valence-electron chi connectivity index (χ0n) is 16.8. The van der Waals surface area contributed by atoms with E-state index in [1.54, 1.807) is 41.3 Å². The molecular weight excluding hydrogens is 426 g/mol. The Morgan fingerprint density at radius 1 is 1.20 bits per heavy atom. The molecule has 1 fully saturated rings. The minimum Gasteiger partial charge on any atom is -0.370 e. The van der Waals surface area contributed by atoms with Gasteiger partial charge in [-0.25, -0.2) is 0 Å². The van der Waals surface area contributed by atoms with Crippen LogP contribution in [0.3, 0.4) is 0 Å². The summed E-state index contributed by atoms with van der Waals surface area (Å²) in [5, 5.41) is 5.65. The Labute approximate surface area is 184 Å².